The van der Waals surface area contributed by atoms with Crippen LogP contribution in [-0.4, -0.2) is 14.2 Å². The lowest BCUT2D eigenvalue weighted by Gasteiger charge is -2.18. The summed E-state index contributed by atoms with van der Waals surface area (Å²) >= 11 is 0. The molecule has 0 fully saturated rings. The third-order valence-electron chi connectivity index (χ3n) is 2.72. The lowest BCUT2D eigenvalue weighted by Crippen LogP contribution is -2.16. The highest BCUT2D eigenvalue weighted by Gasteiger charge is 2.10. The zero-order valence-electron chi connectivity index (χ0n) is 10.6. The van der Waals surface area contributed by atoms with Crippen LogP contribution in [0.25, 0.3) is 0 Å². The lowest BCUT2D eigenvalue weighted by molar-refractivity contribution is 0.411. The molecule has 0 aliphatic rings. The zero-order valence-corrected chi connectivity index (χ0v) is 10.6. The summed E-state index contributed by atoms with van der Waals surface area (Å²) in [5.74, 6) is 0.939. The Bertz CT molecular complexity index is 371. The second-order valence-electron chi connectivity index (χ2n) is 4.23. The summed E-state index contributed by atoms with van der Waals surface area (Å²) in [6.07, 6.45) is 0.961. The standard InChI is InChI=1S/C14H21NO/c1-10(2)8-13(15-4)12-6-7-14(16-5)11(3)9-12/h6-7,9,13,15H,1,8H2,2-5H3. The van der Waals surface area contributed by atoms with Crippen LogP contribution in [0, 0.1) is 6.92 Å². The average Bonchev–Trinajstić information content (AvgIpc) is 2.25. The van der Waals surface area contributed by atoms with Gasteiger partial charge in [-0.1, -0.05) is 17.7 Å². The third kappa shape index (κ3) is 3.11. The van der Waals surface area contributed by atoms with Crippen molar-refractivity contribution in [1.82, 2.24) is 5.32 Å². The molecule has 2 heteroatoms. The molecule has 1 N–H and O–H groups in total. The average molecular weight is 219 g/mol. The van der Waals surface area contributed by atoms with E-state index < -0.39 is 0 Å². The summed E-state index contributed by atoms with van der Waals surface area (Å²) in [4.78, 5) is 0. The first-order valence-electron chi connectivity index (χ1n) is 5.54. The number of rotatable bonds is 5. The number of hydrogen-bond donors (Lipinski definition) is 1. The minimum absolute atomic E-state index is 0.335. The molecule has 88 valence electrons. The van der Waals surface area contributed by atoms with Gasteiger partial charge in [-0.3, -0.25) is 0 Å². The van der Waals surface area contributed by atoms with Crippen LogP contribution in [-0.2, 0) is 0 Å². The van der Waals surface area contributed by atoms with Crippen LogP contribution in [0.15, 0.2) is 30.4 Å². The predicted octanol–water partition coefficient (Wildman–Crippen LogP) is 3.23. The highest BCUT2D eigenvalue weighted by Crippen LogP contribution is 2.25. The van der Waals surface area contributed by atoms with Gasteiger partial charge in [0.15, 0.2) is 0 Å². The van der Waals surface area contributed by atoms with Crippen molar-refractivity contribution in [3.05, 3.63) is 41.5 Å². The van der Waals surface area contributed by atoms with Crippen molar-refractivity contribution in [2.75, 3.05) is 14.2 Å². The largest absolute Gasteiger partial charge is 0.496 e. The van der Waals surface area contributed by atoms with E-state index in [1.165, 1.54) is 16.7 Å². The molecule has 0 saturated carbocycles. The molecule has 0 saturated heterocycles. The molecule has 1 aromatic carbocycles. The van der Waals surface area contributed by atoms with Gasteiger partial charge >= 0.3 is 0 Å². The molecular weight excluding hydrogens is 198 g/mol. The summed E-state index contributed by atoms with van der Waals surface area (Å²) < 4.78 is 5.26. The van der Waals surface area contributed by atoms with Gasteiger partial charge in [0.1, 0.15) is 5.75 Å². The molecule has 0 heterocycles. The molecule has 0 radical (unpaired) electrons. The maximum atomic E-state index is 5.26. The zero-order chi connectivity index (χ0) is 12.1. The summed E-state index contributed by atoms with van der Waals surface area (Å²) in [5.41, 5.74) is 3.64. The highest BCUT2D eigenvalue weighted by molar-refractivity contribution is 5.37. The Kier molecular flexibility index (Phi) is 4.56. The van der Waals surface area contributed by atoms with Gasteiger partial charge in [-0.2, -0.15) is 0 Å². The summed E-state index contributed by atoms with van der Waals surface area (Å²) in [6, 6.07) is 6.63. The van der Waals surface area contributed by atoms with Crippen molar-refractivity contribution < 1.29 is 4.74 Å². The van der Waals surface area contributed by atoms with E-state index in [-0.39, 0.29) is 0 Å². The molecule has 1 aromatic rings. The van der Waals surface area contributed by atoms with Crippen molar-refractivity contribution in [1.29, 1.82) is 0 Å². The van der Waals surface area contributed by atoms with Gasteiger partial charge in [0, 0.05) is 6.04 Å². The van der Waals surface area contributed by atoms with E-state index in [0.717, 1.165) is 12.2 Å². The first-order chi connectivity index (χ1) is 7.58. The summed E-state index contributed by atoms with van der Waals surface area (Å²) in [6.45, 7) is 8.08. The molecule has 2 nitrogen and oxygen atoms in total. The normalized spacial score (nSPS) is 12.2. The maximum absolute atomic E-state index is 5.26. The molecule has 0 spiro atoms. The molecule has 1 unspecified atom stereocenters. The molecule has 0 bridgehead atoms. The van der Waals surface area contributed by atoms with Gasteiger partial charge in [0.25, 0.3) is 0 Å². The molecule has 0 aliphatic carbocycles. The number of nitrogens with one attached hydrogen (secondary N) is 1. The van der Waals surface area contributed by atoms with Gasteiger partial charge in [-0.15, -0.1) is 6.58 Å². The number of methoxy groups -OCH3 is 1. The molecule has 0 aliphatic heterocycles. The lowest BCUT2D eigenvalue weighted by atomic mass is 9.98. The van der Waals surface area contributed by atoms with Crippen LogP contribution in [0.5, 0.6) is 5.75 Å². The Morgan fingerprint density at radius 1 is 1.50 bits per heavy atom. The third-order valence-corrected chi connectivity index (χ3v) is 2.72. The van der Waals surface area contributed by atoms with Gasteiger partial charge in [0.05, 0.1) is 7.11 Å². The second-order valence-corrected chi connectivity index (χ2v) is 4.23. The van der Waals surface area contributed by atoms with Crippen molar-refractivity contribution in [2.45, 2.75) is 26.3 Å². The van der Waals surface area contributed by atoms with Crippen molar-refractivity contribution >= 4 is 0 Å². The van der Waals surface area contributed by atoms with Crippen LogP contribution in [0.3, 0.4) is 0 Å². The first-order valence-corrected chi connectivity index (χ1v) is 5.54. The number of aryl methyl sites for hydroxylation is 1. The van der Waals surface area contributed by atoms with Crippen molar-refractivity contribution in [3.8, 4) is 5.75 Å². The summed E-state index contributed by atoms with van der Waals surface area (Å²) in [7, 11) is 3.68. The van der Waals surface area contributed by atoms with Gasteiger partial charge in [-0.05, 0) is 44.5 Å². The van der Waals surface area contributed by atoms with Crippen LogP contribution in [0.4, 0.5) is 0 Å². The number of ether oxygens (including phenoxy) is 1. The van der Waals surface area contributed by atoms with Gasteiger partial charge in [-0.25, -0.2) is 0 Å². The predicted molar refractivity (Wildman–Crippen MR) is 69.0 cm³/mol. The molecule has 1 atom stereocenters. The summed E-state index contributed by atoms with van der Waals surface area (Å²) in [5, 5.41) is 3.31. The van der Waals surface area contributed by atoms with E-state index in [1.807, 2.05) is 13.1 Å². The highest BCUT2D eigenvalue weighted by atomic mass is 16.5. The maximum Gasteiger partial charge on any atom is 0.121 e. The van der Waals surface area contributed by atoms with Crippen molar-refractivity contribution in [3.63, 3.8) is 0 Å². The Balaban J connectivity index is 2.93. The number of benzene rings is 1. The Labute approximate surface area is 98.3 Å². The molecule has 0 amide bonds. The van der Waals surface area contributed by atoms with E-state index in [1.54, 1.807) is 7.11 Å². The quantitative estimate of drug-likeness (QED) is 0.768. The molecule has 0 aromatic heterocycles. The van der Waals surface area contributed by atoms with Crippen molar-refractivity contribution in [2.24, 2.45) is 0 Å². The van der Waals surface area contributed by atoms with Gasteiger partial charge < -0.3 is 10.1 Å². The fourth-order valence-electron chi connectivity index (χ4n) is 1.85. The van der Waals surface area contributed by atoms with Gasteiger partial charge in [0.2, 0.25) is 0 Å². The second kappa shape index (κ2) is 5.71. The number of hydrogen-bond acceptors (Lipinski definition) is 2. The molecule has 16 heavy (non-hydrogen) atoms. The first kappa shape index (κ1) is 12.8. The SMILES string of the molecule is C=C(C)CC(NC)c1ccc(OC)c(C)c1. The fourth-order valence-corrected chi connectivity index (χ4v) is 1.85. The smallest absolute Gasteiger partial charge is 0.121 e. The van der Waals surface area contributed by atoms with Crippen LogP contribution >= 0.6 is 0 Å². The Morgan fingerprint density at radius 2 is 2.19 bits per heavy atom. The Hall–Kier alpha value is -1.28. The van der Waals surface area contributed by atoms with Crippen LogP contribution in [0.1, 0.15) is 30.5 Å². The molecule has 1 rings (SSSR count). The minimum Gasteiger partial charge on any atom is -0.496 e. The van der Waals surface area contributed by atoms with E-state index in [4.69, 9.17) is 4.74 Å². The monoisotopic (exact) mass is 219 g/mol. The van der Waals surface area contributed by atoms with E-state index in [2.05, 4.69) is 37.9 Å². The van der Waals surface area contributed by atoms with E-state index >= 15 is 0 Å². The van der Waals surface area contributed by atoms with Crippen LogP contribution < -0.4 is 10.1 Å². The van der Waals surface area contributed by atoms with Crippen LogP contribution in [0.2, 0.25) is 0 Å². The van der Waals surface area contributed by atoms with E-state index in [9.17, 15) is 0 Å². The van der Waals surface area contributed by atoms with E-state index in [0.29, 0.717) is 6.04 Å². The minimum atomic E-state index is 0.335. The fraction of sp³-hybridized carbons (Fsp3) is 0.429. The topological polar surface area (TPSA) is 21.3 Å². The molecular formula is C14H21NO. The Morgan fingerprint density at radius 3 is 2.62 bits per heavy atom.